The van der Waals surface area contributed by atoms with Crippen molar-refractivity contribution in [1.29, 1.82) is 0 Å². The summed E-state index contributed by atoms with van der Waals surface area (Å²) in [6.07, 6.45) is 1.70. The molecule has 0 bridgehead atoms. The van der Waals surface area contributed by atoms with Gasteiger partial charge in [0.25, 0.3) is 0 Å². The van der Waals surface area contributed by atoms with Gasteiger partial charge in [-0.15, -0.1) is 0 Å². The van der Waals surface area contributed by atoms with E-state index in [0.717, 1.165) is 12.8 Å². The minimum Gasteiger partial charge on any atom is -0.477 e. The van der Waals surface area contributed by atoms with E-state index in [1.165, 1.54) is 0 Å². The van der Waals surface area contributed by atoms with Gasteiger partial charge in [-0.2, -0.15) is 4.98 Å². The molecule has 0 aromatic carbocycles. The highest BCUT2D eigenvalue weighted by molar-refractivity contribution is 5.49. The summed E-state index contributed by atoms with van der Waals surface area (Å²) < 4.78 is 21.2. The maximum atomic E-state index is 5.78. The summed E-state index contributed by atoms with van der Waals surface area (Å²) in [4.78, 5) is 4.23. The van der Waals surface area contributed by atoms with Crippen LogP contribution in [-0.4, -0.2) is 45.1 Å². The molecule has 0 aliphatic rings. The van der Waals surface area contributed by atoms with Crippen molar-refractivity contribution in [3.63, 3.8) is 0 Å². The number of nitrogens with two attached hydrogens (primary N) is 1. The lowest BCUT2D eigenvalue weighted by Crippen LogP contribution is -2.08. The monoisotopic (exact) mass is 284 g/mol. The fourth-order valence-corrected chi connectivity index (χ4v) is 1.41. The molecular formula is C14H24N2O4. The highest BCUT2D eigenvalue weighted by atomic mass is 16.5. The lowest BCUT2D eigenvalue weighted by molar-refractivity contribution is 0.0641. The Morgan fingerprint density at radius 3 is 2.65 bits per heavy atom. The molecule has 0 saturated carbocycles. The van der Waals surface area contributed by atoms with Crippen LogP contribution in [0.2, 0.25) is 0 Å². The van der Waals surface area contributed by atoms with Crippen molar-refractivity contribution in [2.75, 3.05) is 45.9 Å². The first-order valence-electron chi connectivity index (χ1n) is 6.86. The van der Waals surface area contributed by atoms with Crippen LogP contribution in [0.1, 0.15) is 19.8 Å². The van der Waals surface area contributed by atoms with Gasteiger partial charge < -0.3 is 24.7 Å². The Kier molecular flexibility index (Phi) is 8.49. The van der Waals surface area contributed by atoms with Gasteiger partial charge in [0.15, 0.2) is 0 Å². The highest BCUT2D eigenvalue weighted by Gasteiger charge is 2.04. The van der Waals surface area contributed by atoms with Gasteiger partial charge in [-0.05, 0) is 12.5 Å². The van der Waals surface area contributed by atoms with E-state index in [-0.39, 0.29) is 0 Å². The van der Waals surface area contributed by atoms with Crippen molar-refractivity contribution in [3.05, 3.63) is 12.1 Å². The van der Waals surface area contributed by atoms with Crippen LogP contribution < -0.4 is 15.2 Å². The summed E-state index contributed by atoms with van der Waals surface area (Å²) in [5, 5.41) is 0. The zero-order chi connectivity index (χ0) is 14.6. The molecule has 2 N–H and O–H groups in total. The van der Waals surface area contributed by atoms with E-state index in [0.29, 0.717) is 50.5 Å². The zero-order valence-corrected chi connectivity index (χ0v) is 12.3. The molecule has 0 spiro atoms. The van der Waals surface area contributed by atoms with Crippen LogP contribution in [0.15, 0.2) is 12.1 Å². The average Bonchev–Trinajstić information content (AvgIpc) is 2.46. The molecule has 114 valence electrons. The quantitative estimate of drug-likeness (QED) is 0.625. The first kappa shape index (κ1) is 16.5. The van der Waals surface area contributed by atoms with E-state index in [9.17, 15) is 0 Å². The second-order valence-electron chi connectivity index (χ2n) is 4.20. The number of nitrogen functional groups attached to an aromatic ring is 1. The van der Waals surface area contributed by atoms with Gasteiger partial charge in [-0.1, -0.05) is 6.92 Å². The summed E-state index contributed by atoms with van der Waals surface area (Å²) in [7, 11) is 1.65. The smallest absolute Gasteiger partial charge is 0.240 e. The molecule has 0 aliphatic carbocycles. The largest absolute Gasteiger partial charge is 0.477 e. The number of pyridine rings is 1. The number of hydrogen-bond acceptors (Lipinski definition) is 6. The fourth-order valence-electron chi connectivity index (χ4n) is 1.41. The Balaban J connectivity index is 2.26. The van der Waals surface area contributed by atoms with Crippen LogP contribution in [0.3, 0.4) is 0 Å². The lowest BCUT2D eigenvalue weighted by atomic mass is 10.4. The van der Waals surface area contributed by atoms with E-state index >= 15 is 0 Å². The van der Waals surface area contributed by atoms with Gasteiger partial charge in [0.05, 0.1) is 32.1 Å². The Morgan fingerprint density at radius 2 is 1.90 bits per heavy atom. The van der Waals surface area contributed by atoms with Gasteiger partial charge in [-0.3, -0.25) is 0 Å². The molecule has 6 heteroatoms. The first-order valence-corrected chi connectivity index (χ1v) is 6.86. The van der Waals surface area contributed by atoms with Gasteiger partial charge in [0.2, 0.25) is 11.8 Å². The molecule has 0 saturated heterocycles. The third-order valence-corrected chi connectivity index (χ3v) is 2.42. The molecule has 0 atom stereocenters. The van der Waals surface area contributed by atoms with E-state index in [4.69, 9.17) is 24.7 Å². The van der Waals surface area contributed by atoms with Crippen LogP contribution in [-0.2, 0) is 9.47 Å². The molecule has 0 amide bonds. The number of hydrogen-bond donors (Lipinski definition) is 1. The number of nitrogens with zero attached hydrogens (tertiary/aromatic N) is 1. The summed E-state index contributed by atoms with van der Waals surface area (Å²) in [6, 6.07) is 3.47. The zero-order valence-electron chi connectivity index (χ0n) is 12.3. The molecule has 1 heterocycles. The Morgan fingerprint density at radius 1 is 1.05 bits per heavy atom. The molecular weight excluding hydrogens is 260 g/mol. The van der Waals surface area contributed by atoms with Crippen LogP contribution in [0.5, 0.6) is 11.8 Å². The van der Waals surface area contributed by atoms with Crippen LogP contribution in [0.4, 0.5) is 5.69 Å². The van der Waals surface area contributed by atoms with Crippen molar-refractivity contribution >= 4 is 5.69 Å². The van der Waals surface area contributed by atoms with Gasteiger partial charge in [0.1, 0.15) is 0 Å². The number of aromatic nitrogens is 1. The second-order valence-corrected chi connectivity index (χ2v) is 4.20. The summed E-state index contributed by atoms with van der Waals surface area (Å²) >= 11 is 0. The van der Waals surface area contributed by atoms with Crippen molar-refractivity contribution < 1.29 is 18.9 Å². The van der Waals surface area contributed by atoms with E-state index in [2.05, 4.69) is 4.98 Å². The summed E-state index contributed by atoms with van der Waals surface area (Å²) in [5.41, 5.74) is 6.30. The topological polar surface area (TPSA) is 75.8 Å². The van der Waals surface area contributed by atoms with E-state index in [1.54, 1.807) is 19.2 Å². The minimum absolute atomic E-state index is 0.431. The molecule has 0 fully saturated rings. The standard InChI is InChI=1S/C14H24N2O4/c1-3-7-20-14-12(15)5-6-13(16-14)19-9-4-8-18-11-10-17-2/h5-6H,3-4,7-11,15H2,1-2H3. The average molecular weight is 284 g/mol. The Bertz CT molecular complexity index is 374. The molecule has 1 rings (SSSR count). The molecule has 1 aromatic rings. The molecule has 20 heavy (non-hydrogen) atoms. The van der Waals surface area contributed by atoms with Crippen molar-refractivity contribution in [2.45, 2.75) is 19.8 Å². The number of anilines is 1. The highest BCUT2D eigenvalue weighted by Crippen LogP contribution is 2.22. The van der Waals surface area contributed by atoms with E-state index in [1.807, 2.05) is 6.92 Å². The molecule has 0 unspecified atom stereocenters. The Hall–Kier alpha value is -1.53. The summed E-state index contributed by atoms with van der Waals surface area (Å²) in [5.74, 6) is 0.947. The number of rotatable bonds is 11. The van der Waals surface area contributed by atoms with Gasteiger partial charge in [0, 0.05) is 26.2 Å². The summed E-state index contributed by atoms with van der Waals surface area (Å²) in [6.45, 7) is 5.01. The third kappa shape index (κ3) is 6.58. The number of ether oxygens (including phenoxy) is 4. The lowest BCUT2D eigenvalue weighted by Gasteiger charge is -2.10. The van der Waals surface area contributed by atoms with Crippen LogP contribution >= 0.6 is 0 Å². The van der Waals surface area contributed by atoms with Crippen molar-refractivity contribution in [1.82, 2.24) is 4.98 Å². The van der Waals surface area contributed by atoms with Gasteiger partial charge >= 0.3 is 0 Å². The van der Waals surface area contributed by atoms with Crippen molar-refractivity contribution in [2.24, 2.45) is 0 Å². The maximum absolute atomic E-state index is 5.78. The van der Waals surface area contributed by atoms with Crippen LogP contribution in [0, 0.1) is 0 Å². The van der Waals surface area contributed by atoms with Crippen LogP contribution in [0.25, 0.3) is 0 Å². The second kappa shape index (κ2) is 10.3. The van der Waals surface area contributed by atoms with Crippen molar-refractivity contribution in [3.8, 4) is 11.8 Å². The molecule has 1 aromatic heterocycles. The Labute approximate surface area is 120 Å². The number of methoxy groups -OCH3 is 1. The van der Waals surface area contributed by atoms with E-state index < -0.39 is 0 Å². The maximum Gasteiger partial charge on any atom is 0.240 e. The molecule has 6 nitrogen and oxygen atoms in total. The molecule has 0 aliphatic heterocycles. The fraction of sp³-hybridized carbons (Fsp3) is 0.643. The minimum atomic E-state index is 0.431. The normalized spacial score (nSPS) is 10.5. The third-order valence-electron chi connectivity index (χ3n) is 2.42. The van der Waals surface area contributed by atoms with Gasteiger partial charge in [-0.25, -0.2) is 0 Å². The predicted octanol–water partition coefficient (Wildman–Crippen LogP) is 1.88. The first-order chi connectivity index (χ1) is 9.77. The predicted molar refractivity (Wildman–Crippen MR) is 77.2 cm³/mol. The molecule has 0 radical (unpaired) electrons. The SMILES string of the molecule is CCCOc1nc(OCCCOCCOC)ccc1N.